The smallest absolute Gasteiger partial charge is 0.145 e. The summed E-state index contributed by atoms with van der Waals surface area (Å²) in [5, 5.41) is 0. The van der Waals surface area contributed by atoms with Crippen LogP contribution < -0.4 is 4.74 Å². The first-order valence-corrected chi connectivity index (χ1v) is 5.68. The summed E-state index contributed by atoms with van der Waals surface area (Å²) in [6, 6.07) is 6.16. The molecule has 16 heavy (non-hydrogen) atoms. The second-order valence-electron chi connectivity index (χ2n) is 5.22. The second-order valence-corrected chi connectivity index (χ2v) is 5.22. The molecule has 0 amide bonds. The van der Waals surface area contributed by atoms with Gasteiger partial charge in [0, 0.05) is 6.42 Å². The van der Waals surface area contributed by atoms with E-state index in [9.17, 15) is 4.79 Å². The van der Waals surface area contributed by atoms with Crippen LogP contribution in [-0.4, -0.2) is 11.9 Å². The molecule has 1 aromatic carbocycles. The molecule has 2 heteroatoms. The van der Waals surface area contributed by atoms with Crippen LogP contribution in [0.25, 0.3) is 0 Å². The van der Waals surface area contributed by atoms with E-state index in [4.69, 9.17) is 4.74 Å². The molecule has 0 N–H and O–H groups in total. The van der Waals surface area contributed by atoms with Gasteiger partial charge in [-0.05, 0) is 44.9 Å². The molecule has 2 nitrogen and oxygen atoms in total. The molecule has 0 bridgehead atoms. The van der Waals surface area contributed by atoms with Crippen molar-refractivity contribution in [3.8, 4) is 5.75 Å². The maximum Gasteiger partial charge on any atom is 0.145 e. The van der Waals surface area contributed by atoms with Crippen molar-refractivity contribution >= 4 is 5.78 Å². The number of carbonyl (C=O) groups is 1. The van der Waals surface area contributed by atoms with E-state index < -0.39 is 0 Å². The van der Waals surface area contributed by atoms with E-state index in [1.54, 1.807) is 0 Å². The number of rotatable bonds is 2. The summed E-state index contributed by atoms with van der Waals surface area (Å²) in [6.07, 6.45) is 0.570. The highest BCUT2D eigenvalue weighted by Gasteiger charge is 2.49. The lowest BCUT2D eigenvalue weighted by molar-refractivity contribution is -0.148. The van der Waals surface area contributed by atoms with E-state index >= 15 is 0 Å². The molecule has 0 radical (unpaired) electrons. The summed E-state index contributed by atoms with van der Waals surface area (Å²) in [4.78, 5) is 11.4. The lowest BCUT2D eigenvalue weighted by Gasteiger charge is -2.42. The van der Waals surface area contributed by atoms with Gasteiger partial charge in [-0.1, -0.05) is 12.1 Å². The van der Waals surface area contributed by atoms with Gasteiger partial charge in [-0.15, -0.1) is 0 Å². The second kappa shape index (κ2) is 3.62. The Hall–Kier alpha value is -1.31. The van der Waals surface area contributed by atoms with Gasteiger partial charge in [0.25, 0.3) is 0 Å². The minimum Gasteiger partial charge on any atom is -0.489 e. The fraction of sp³-hybridized carbons (Fsp3) is 0.500. The summed E-state index contributed by atoms with van der Waals surface area (Å²) >= 11 is 0. The molecule has 1 aromatic rings. The highest BCUT2D eigenvalue weighted by atomic mass is 16.5. The lowest BCUT2D eigenvalue weighted by Crippen LogP contribution is -2.53. The van der Waals surface area contributed by atoms with Gasteiger partial charge >= 0.3 is 0 Å². The van der Waals surface area contributed by atoms with Crippen molar-refractivity contribution < 1.29 is 9.53 Å². The average Bonchev–Trinajstić information content (AvgIpc) is 2.23. The van der Waals surface area contributed by atoms with Crippen LogP contribution in [0.5, 0.6) is 5.75 Å². The summed E-state index contributed by atoms with van der Waals surface area (Å²) in [7, 11) is 0. The average molecular weight is 218 g/mol. The fourth-order valence-electron chi connectivity index (χ4n) is 1.91. The van der Waals surface area contributed by atoms with E-state index in [1.807, 2.05) is 33.8 Å². The maximum absolute atomic E-state index is 11.4. The molecule has 1 fully saturated rings. The SMILES string of the molecule is Cc1ccc(C)c(OC2CC(=O)C2(C)C)c1. The molecule has 1 unspecified atom stereocenters. The first kappa shape index (κ1) is 11.2. The van der Waals surface area contributed by atoms with E-state index in [2.05, 4.69) is 12.1 Å². The lowest BCUT2D eigenvalue weighted by atomic mass is 9.68. The Morgan fingerprint density at radius 3 is 2.56 bits per heavy atom. The first-order valence-electron chi connectivity index (χ1n) is 5.68. The monoisotopic (exact) mass is 218 g/mol. The zero-order valence-electron chi connectivity index (χ0n) is 10.3. The topological polar surface area (TPSA) is 26.3 Å². The Kier molecular flexibility index (Phi) is 2.53. The van der Waals surface area contributed by atoms with Gasteiger partial charge in [0.05, 0.1) is 5.41 Å². The summed E-state index contributed by atoms with van der Waals surface area (Å²) in [5.41, 5.74) is 1.99. The van der Waals surface area contributed by atoms with Crippen molar-refractivity contribution in [3.63, 3.8) is 0 Å². The summed E-state index contributed by atoms with van der Waals surface area (Å²) < 4.78 is 5.93. The number of hydrogen-bond acceptors (Lipinski definition) is 2. The first-order chi connectivity index (χ1) is 7.41. The zero-order chi connectivity index (χ0) is 11.9. The fourth-order valence-corrected chi connectivity index (χ4v) is 1.91. The number of ketones is 1. The van der Waals surface area contributed by atoms with Crippen molar-refractivity contribution in [2.24, 2.45) is 5.41 Å². The number of benzene rings is 1. The molecule has 0 heterocycles. The van der Waals surface area contributed by atoms with Gasteiger partial charge in [-0.3, -0.25) is 4.79 Å². The van der Waals surface area contributed by atoms with Crippen LogP contribution in [0.4, 0.5) is 0 Å². The van der Waals surface area contributed by atoms with Gasteiger partial charge in [0.15, 0.2) is 0 Å². The Bertz CT molecular complexity index is 432. The van der Waals surface area contributed by atoms with Gasteiger partial charge in [-0.25, -0.2) is 0 Å². The Balaban J connectivity index is 2.16. The van der Waals surface area contributed by atoms with Gasteiger partial charge in [0.1, 0.15) is 17.6 Å². The largest absolute Gasteiger partial charge is 0.489 e. The van der Waals surface area contributed by atoms with E-state index in [0.29, 0.717) is 12.2 Å². The van der Waals surface area contributed by atoms with Crippen molar-refractivity contribution in [1.82, 2.24) is 0 Å². The number of ether oxygens (including phenoxy) is 1. The van der Waals surface area contributed by atoms with Crippen LogP contribution in [0, 0.1) is 19.3 Å². The number of Topliss-reactive ketones (excluding diaryl/α,β-unsaturated/α-hetero) is 1. The van der Waals surface area contributed by atoms with Gasteiger partial charge in [-0.2, -0.15) is 0 Å². The molecule has 86 valence electrons. The number of hydrogen-bond donors (Lipinski definition) is 0. The van der Waals surface area contributed by atoms with E-state index in [-0.39, 0.29) is 11.5 Å². The molecule has 1 aliphatic rings. The molecule has 0 aliphatic heterocycles. The van der Waals surface area contributed by atoms with Gasteiger partial charge < -0.3 is 4.74 Å². The highest BCUT2D eigenvalue weighted by molar-refractivity contribution is 5.91. The van der Waals surface area contributed by atoms with Crippen molar-refractivity contribution in [1.29, 1.82) is 0 Å². The highest BCUT2D eigenvalue weighted by Crippen LogP contribution is 2.39. The normalized spacial score (nSPS) is 22.8. The predicted molar refractivity (Wildman–Crippen MR) is 63.7 cm³/mol. The third-order valence-electron chi connectivity index (χ3n) is 3.51. The van der Waals surface area contributed by atoms with E-state index in [1.165, 1.54) is 5.56 Å². The molecule has 0 saturated heterocycles. The minimum absolute atomic E-state index is 0.0282. The van der Waals surface area contributed by atoms with E-state index in [0.717, 1.165) is 11.3 Å². The molecule has 2 rings (SSSR count). The van der Waals surface area contributed by atoms with Crippen LogP contribution in [0.2, 0.25) is 0 Å². The summed E-state index contributed by atoms with van der Waals surface area (Å²) in [5.74, 6) is 1.20. The standard InChI is InChI=1S/C14H18O2/c1-9-5-6-10(2)11(7-9)16-13-8-12(15)14(13,3)4/h5-7,13H,8H2,1-4H3. The summed E-state index contributed by atoms with van der Waals surface area (Å²) in [6.45, 7) is 7.98. The third kappa shape index (κ3) is 1.73. The number of carbonyl (C=O) groups excluding carboxylic acids is 1. The predicted octanol–water partition coefficient (Wildman–Crippen LogP) is 3.05. The number of aryl methyl sites for hydroxylation is 2. The molecule has 0 spiro atoms. The van der Waals surface area contributed by atoms with Crippen LogP contribution in [0.3, 0.4) is 0 Å². The van der Waals surface area contributed by atoms with Crippen LogP contribution in [0.15, 0.2) is 18.2 Å². The molecule has 1 atom stereocenters. The Morgan fingerprint density at radius 2 is 2.00 bits per heavy atom. The van der Waals surface area contributed by atoms with Crippen LogP contribution in [0.1, 0.15) is 31.4 Å². The molecule has 0 aromatic heterocycles. The maximum atomic E-state index is 11.4. The third-order valence-corrected chi connectivity index (χ3v) is 3.51. The van der Waals surface area contributed by atoms with Crippen LogP contribution >= 0.6 is 0 Å². The van der Waals surface area contributed by atoms with Crippen molar-refractivity contribution in [3.05, 3.63) is 29.3 Å². The van der Waals surface area contributed by atoms with Crippen molar-refractivity contribution in [2.45, 2.75) is 40.2 Å². The minimum atomic E-state index is -0.323. The molecular weight excluding hydrogens is 200 g/mol. The molecule has 1 aliphatic carbocycles. The Labute approximate surface area is 96.6 Å². The quantitative estimate of drug-likeness (QED) is 0.762. The van der Waals surface area contributed by atoms with Crippen molar-refractivity contribution in [2.75, 3.05) is 0 Å². The van der Waals surface area contributed by atoms with Gasteiger partial charge in [0.2, 0.25) is 0 Å². The van der Waals surface area contributed by atoms with Crippen LogP contribution in [-0.2, 0) is 4.79 Å². The molecule has 1 saturated carbocycles. The zero-order valence-corrected chi connectivity index (χ0v) is 10.3. The molecular formula is C14H18O2. The Morgan fingerprint density at radius 1 is 1.31 bits per heavy atom.